The van der Waals surface area contributed by atoms with E-state index in [1.165, 1.54) is 24.3 Å². The number of carboxylic acids is 2. The Balaban J connectivity index is 7.42. The van der Waals surface area contributed by atoms with Crippen LogP contribution in [0.3, 0.4) is 0 Å². The molecule has 0 aromatic heterocycles. The minimum absolute atomic E-state index is 0.741. The Morgan fingerprint density at radius 1 is 0.542 bits per heavy atom. The summed E-state index contributed by atoms with van der Waals surface area (Å²) in [5.41, 5.74) is -0.472. The molecule has 0 bridgehead atoms. The van der Waals surface area contributed by atoms with Gasteiger partial charge in [-0.05, 0) is 55.4 Å². The number of allylic oxidation sites excluding steroid dienone is 4. The molecule has 4 heteroatoms. The molecule has 2 N–H and O–H groups in total. The van der Waals surface area contributed by atoms with Crippen LogP contribution < -0.4 is 0 Å². The fourth-order valence-corrected chi connectivity index (χ4v) is 2.98. The highest BCUT2D eigenvalue weighted by atomic mass is 16.4. The Hall–Kier alpha value is -2.10. The van der Waals surface area contributed by atoms with Gasteiger partial charge in [0.1, 0.15) is 10.8 Å². The second-order valence-corrected chi connectivity index (χ2v) is 7.24. The molecule has 0 aliphatic rings. The summed E-state index contributed by atoms with van der Waals surface area (Å²) in [5.74, 6) is -2.38. The van der Waals surface area contributed by atoms with Crippen LogP contribution >= 0.6 is 0 Å². The lowest BCUT2D eigenvalue weighted by Crippen LogP contribution is -2.49. The van der Waals surface area contributed by atoms with E-state index in [-0.39, 0.29) is 0 Å². The summed E-state index contributed by atoms with van der Waals surface area (Å²) in [6, 6.07) is 0. The van der Waals surface area contributed by atoms with Gasteiger partial charge in [0.25, 0.3) is 0 Å². The van der Waals surface area contributed by atoms with Crippen molar-refractivity contribution in [3.05, 3.63) is 46.6 Å². The number of hydrogen-bond donors (Lipinski definition) is 2. The summed E-state index contributed by atoms with van der Waals surface area (Å²) in [5, 5.41) is 20.2. The lowest BCUT2D eigenvalue weighted by Gasteiger charge is -2.39. The standard InChI is InChI=1S/C20H30O4/c1-13(2)9-19(17(21)22,10-14(3)4)20(18(23)24,11-15(5)6)12-16(7)8/h9-12H,1-8H3,(H,21,22)(H,23,24). The third kappa shape index (κ3) is 4.70. The molecule has 0 heterocycles. The van der Waals surface area contributed by atoms with Crippen molar-refractivity contribution < 1.29 is 19.8 Å². The maximum absolute atomic E-state index is 12.4. The number of rotatable bonds is 7. The summed E-state index contributed by atoms with van der Waals surface area (Å²) in [6.07, 6.45) is 6.15. The van der Waals surface area contributed by atoms with Gasteiger partial charge in [0.2, 0.25) is 0 Å². The monoisotopic (exact) mass is 334 g/mol. The molecule has 0 atom stereocenters. The van der Waals surface area contributed by atoms with Gasteiger partial charge in [0.15, 0.2) is 0 Å². The molecule has 0 saturated carbocycles. The Labute approximate surface area is 145 Å². The van der Waals surface area contributed by atoms with Gasteiger partial charge >= 0.3 is 11.9 Å². The van der Waals surface area contributed by atoms with E-state index in [1.807, 2.05) is 0 Å². The third-order valence-electron chi connectivity index (χ3n) is 3.46. The molecular formula is C20H30O4. The lowest BCUT2D eigenvalue weighted by molar-refractivity contribution is -0.158. The van der Waals surface area contributed by atoms with E-state index in [0.717, 1.165) is 22.3 Å². The molecule has 0 aliphatic carbocycles. The molecule has 0 radical (unpaired) electrons. The topological polar surface area (TPSA) is 74.6 Å². The van der Waals surface area contributed by atoms with E-state index < -0.39 is 22.8 Å². The highest BCUT2D eigenvalue weighted by Gasteiger charge is 2.56. The average Bonchev–Trinajstić information content (AvgIpc) is 2.33. The molecule has 0 rings (SSSR count). The predicted molar refractivity (Wildman–Crippen MR) is 97.9 cm³/mol. The molecule has 0 aliphatic heterocycles. The molecule has 0 fully saturated rings. The van der Waals surface area contributed by atoms with Crippen LogP contribution in [0.15, 0.2) is 46.6 Å². The van der Waals surface area contributed by atoms with Gasteiger partial charge in [-0.1, -0.05) is 46.6 Å². The van der Waals surface area contributed by atoms with Gasteiger partial charge in [-0.3, -0.25) is 9.59 Å². The molecule has 0 saturated heterocycles. The molecule has 0 aromatic rings. The minimum Gasteiger partial charge on any atom is -0.480 e. The highest BCUT2D eigenvalue weighted by Crippen LogP contribution is 2.48. The summed E-state index contributed by atoms with van der Waals surface area (Å²) >= 11 is 0. The van der Waals surface area contributed by atoms with E-state index in [1.54, 1.807) is 55.4 Å². The Morgan fingerprint density at radius 3 is 0.792 bits per heavy atom. The second-order valence-electron chi connectivity index (χ2n) is 7.24. The molecule has 0 unspecified atom stereocenters. The van der Waals surface area contributed by atoms with Crippen LogP contribution in [-0.4, -0.2) is 22.2 Å². The van der Waals surface area contributed by atoms with Gasteiger partial charge in [-0.2, -0.15) is 0 Å². The van der Waals surface area contributed by atoms with Crippen molar-refractivity contribution in [2.45, 2.75) is 55.4 Å². The highest BCUT2D eigenvalue weighted by molar-refractivity contribution is 5.94. The maximum Gasteiger partial charge on any atom is 0.319 e. The lowest BCUT2D eigenvalue weighted by atomic mass is 9.60. The van der Waals surface area contributed by atoms with Crippen molar-refractivity contribution in [2.24, 2.45) is 10.8 Å². The molecular weight excluding hydrogens is 304 g/mol. The first-order chi connectivity index (χ1) is 10.8. The van der Waals surface area contributed by atoms with Crippen molar-refractivity contribution in [1.82, 2.24) is 0 Å². The molecule has 24 heavy (non-hydrogen) atoms. The summed E-state index contributed by atoms with van der Waals surface area (Å²) < 4.78 is 0. The fourth-order valence-electron chi connectivity index (χ4n) is 2.98. The van der Waals surface area contributed by atoms with Gasteiger partial charge in [-0.15, -0.1) is 0 Å². The van der Waals surface area contributed by atoms with Crippen molar-refractivity contribution in [1.29, 1.82) is 0 Å². The summed E-state index contributed by atoms with van der Waals surface area (Å²) in [4.78, 5) is 24.8. The van der Waals surface area contributed by atoms with Crippen LogP contribution in [0.1, 0.15) is 55.4 Å². The van der Waals surface area contributed by atoms with Crippen molar-refractivity contribution in [3.8, 4) is 0 Å². The molecule has 134 valence electrons. The normalized spacial score (nSPS) is 11.2. The van der Waals surface area contributed by atoms with Gasteiger partial charge in [-0.25, -0.2) is 0 Å². The van der Waals surface area contributed by atoms with Crippen LogP contribution in [0.4, 0.5) is 0 Å². The third-order valence-corrected chi connectivity index (χ3v) is 3.46. The van der Waals surface area contributed by atoms with Crippen LogP contribution in [0, 0.1) is 10.8 Å². The van der Waals surface area contributed by atoms with Crippen molar-refractivity contribution in [3.63, 3.8) is 0 Å². The zero-order chi connectivity index (χ0) is 19.3. The van der Waals surface area contributed by atoms with Gasteiger partial charge in [0.05, 0.1) is 0 Å². The molecule has 4 nitrogen and oxygen atoms in total. The summed E-state index contributed by atoms with van der Waals surface area (Å²) in [7, 11) is 0. The maximum atomic E-state index is 12.4. The van der Waals surface area contributed by atoms with Gasteiger partial charge in [0, 0.05) is 0 Å². The minimum atomic E-state index is -1.72. The predicted octanol–water partition coefficient (Wildman–Crippen LogP) is 4.99. The zero-order valence-electron chi connectivity index (χ0n) is 16.0. The van der Waals surface area contributed by atoms with E-state index >= 15 is 0 Å². The second kappa shape index (κ2) is 8.13. The van der Waals surface area contributed by atoms with E-state index in [9.17, 15) is 19.8 Å². The number of hydrogen-bond acceptors (Lipinski definition) is 2. The zero-order valence-corrected chi connectivity index (χ0v) is 16.0. The van der Waals surface area contributed by atoms with Crippen LogP contribution in [0.25, 0.3) is 0 Å². The summed E-state index contributed by atoms with van der Waals surface area (Å²) in [6.45, 7) is 14.2. The van der Waals surface area contributed by atoms with E-state index in [0.29, 0.717) is 0 Å². The van der Waals surface area contributed by atoms with Crippen LogP contribution in [0.5, 0.6) is 0 Å². The van der Waals surface area contributed by atoms with E-state index in [2.05, 4.69) is 0 Å². The molecule has 0 spiro atoms. The SMILES string of the molecule is CC(C)=CC(C=C(C)C)(C(=O)O)C(C=C(C)C)(C=C(C)C)C(=O)O. The molecule has 0 aromatic carbocycles. The quantitative estimate of drug-likeness (QED) is 0.643. The van der Waals surface area contributed by atoms with Gasteiger partial charge < -0.3 is 10.2 Å². The van der Waals surface area contributed by atoms with Crippen LogP contribution in [0.2, 0.25) is 0 Å². The largest absolute Gasteiger partial charge is 0.480 e. The molecule has 0 amide bonds. The average molecular weight is 334 g/mol. The first-order valence-corrected chi connectivity index (χ1v) is 7.91. The van der Waals surface area contributed by atoms with Crippen LogP contribution in [-0.2, 0) is 9.59 Å². The van der Waals surface area contributed by atoms with Crippen molar-refractivity contribution >= 4 is 11.9 Å². The Kier molecular flexibility index (Phi) is 7.42. The number of carboxylic acid groups (broad SMARTS) is 2. The number of aliphatic carboxylic acids is 2. The first kappa shape index (κ1) is 21.9. The Bertz CT molecular complexity index is 522. The number of carbonyl (C=O) groups is 2. The first-order valence-electron chi connectivity index (χ1n) is 7.91. The van der Waals surface area contributed by atoms with E-state index in [4.69, 9.17) is 0 Å². The smallest absolute Gasteiger partial charge is 0.319 e. The van der Waals surface area contributed by atoms with Crippen molar-refractivity contribution in [2.75, 3.05) is 0 Å². The fraction of sp³-hybridized carbons (Fsp3) is 0.500. The Morgan fingerprint density at radius 2 is 0.708 bits per heavy atom.